The number of fused-ring (bicyclic) bond motifs is 1. The Bertz CT molecular complexity index is 774. The standard InChI is InChI=1S/C15H14IN3/c1-9-6-11-12(13-4-5-17-15(16)18-13)8-19(3)14(11)7-10(9)2/h4-8H,1-3H3. The summed E-state index contributed by atoms with van der Waals surface area (Å²) in [6.07, 6.45) is 3.95. The summed E-state index contributed by atoms with van der Waals surface area (Å²) in [5, 5.41) is 1.25. The summed E-state index contributed by atoms with van der Waals surface area (Å²) in [5.74, 6) is 0. The Kier molecular flexibility index (Phi) is 3.05. The highest BCUT2D eigenvalue weighted by Gasteiger charge is 2.11. The van der Waals surface area contributed by atoms with E-state index < -0.39 is 0 Å². The van der Waals surface area contributed by atoms with Crippen LogP contribution >= 0.6 is 22.6 Å². The first-order chi connectivity index (χ1) is 9.06. The van der Waals surface area contributed by atoms with Crippen LogP contribution in [-0.4, -0.2) is 14.5 Å². The number of rotatable bonds is 1. The molecule has 0 aliphatic heterocycles. The van der Waals surface area contributed by atoms with Gasteiger partial charge in [-0.3, -0.25) is 0 Å². The predicted octanol–water partition coefficient (Wildman–Crippen LogP) is 3.86. The fourth-order valence-corrected chi connectivity index (χ4v) is 2.75. The molecule has 96 valence electrons. The Morgan fingerprint density at radius 1 is 1.16 bits per heavy atom. The highest BCUT2D eigenvalue weighted by atomic mass is 127. The third-order valence-corrected chi connectivity index (χ3v) is 4.03. The van der Waals surface area contributed by atoms with Gasteiger partial charge < -0.3 is 4.57 Å². The van der Waals surface area contributed by atoms with Gasteiger partial charge in [-0.15, -0.1) is 0 Å². The number of benzene rings is 1. The summed E-state index contributed by atoms with van der Waals surface area (Å²) >= 11 is 2.15. The lowest BCUT2D eigenvalue weighted by Crippen LogP contribution is -1.89. The van der Waals surface area contributed by atoms with Gasteiger partial charge in [-0.25, -0.2) is 9.97 Å². The van der Waals surface area contributed by atoms with E-state index in [1.807, 2.05) is 12.3 Å². The molecule has 0 amide bonds. The van der Waals surface area contributed by atoms with Gasteiger partial charge in [0, 0.05) is 58.5 Å². The van der Waals surface area contributed by atoms with Gasteiger partial charge in [0.15, 0.2) is 3.83 Å². The highest BCUT2D eigenvalue weighted by molar-refractivity contribution is 14.1. The third-order valence-electron chi connectivity index (χ3n) is 3.51. The number of halogens is 1. The second-order valence-electron chi connectivity index (χ2n) is 4.82. The first-order valence-corrected chi connectivity index (χ1v) is 7.19. The van der Waals surface area contributed by atoms with Crippen molar-refractivity contribution >= 4 is 33.5 Å². The van der Waals surface area contributed by atoms with E-state index in [0.717, 1.165) is 9.53 Å². The molecule has 0 aliphatic carbocycles. The van der Waals surface area contributed by atoms with Crippen molar-refractivity contribution < 1.29 is 0 Å². The molecule has 0 saturated heterocycles. The van der Waals surface area contributed by atoms with Crippen LogP contribution in [0.3, 0.4) is 0 Å². The number of hydrogen-bond acceptors (Lipinski definition) is 2. The maximum absolute atomic E-state index is 4.52. The van der Waals surface area contributed by atoms with E-state index in [1.54, 1.807) is 0 Å². The lowest BCUT2D eigenvalue weighted by atomic mass is 10.0. The van der Waals surface area contributed by atoms with Gasteiger partial charge in [0.2, 0.25) is 0 Å². The molecule has 19 heavy (non-hydrogen) atoms. The van der Waals surface area contributed by atoms with Crippen LogP contribution in [0.2, 0.25) is 0 Å². The SMILES string of the molecule is Cc1cc2c(-c3ccnc(I)n3)cn(C)c2cc1C. The van der Waals surface area contributed by atoms with Crippen LogP contribution in [0.25, 0.3) is 22.2 Å². The molecule has 0 N–H and O–H groups in total. The topological polar surface area (TPSA) is 30.7 Å². The molecule has 0 saturated carbocycles. The fraction of sp³-hybridized carbons (Fsp3) is 0.200. The van der Waals surface area contributed by atoms with E-state index in [1.165, 1.54) is 27.6 Å². The number of nitrogens with zero attached hydrogens (tertiary/aromatic N) is 3. The van der Waals surface area contributed by atoms with E-state index in [0.29, 0.717) is 0 Å². The zero-order valence-corrected chi connectivity index (χ0v) is 13.3. The zero-order valence-electron chi connectivity index (χ0n) is 11.1. The van der Waals surface area contributed by atoms with Gasteiger partial charge >= 0.3 is 0 Å². The number of aryl methyl sites for hydroxylation is 3. The average Bonchev–Trinajstić information content (AvgIpc) is 2.68. The molecule has 0 atom stereocenters. The molecule has 0 aliphatic rings. The van der Waals surface area contributed by atoms with Crippen LogP contribution in [0.5, 0.6) is 0 Å². The lowest BCUT2D eigenvalue weighted by Gasteiger charge is -2.03. The number of hydrogen-bond donors (Lipinski definition) is 0. The Morgan fingerprint density at radius 3 is 2.63 bits per heavy atom. The third kappa shape index (κ3) is 2.14. The summed E-state index contributed by atoms with van der Waals surface area (Å²) in [4.78, 5) is 8.67. The van der Waals surface area contributed by atoms with E-state index >= 15 is 0 Å². The maximum Gasteiger partial charge on any atom is 0.191 e. The Hall–Kier alpha value is -1.43. The van der Waals surface area contributed by atoms with Gasteiger partial charge in [-0.1, -0.05) is 0 Å². The summed E-state index contributed by atoms with van der Waals surface area (Å²) in [6.45, 7) is 4.30. The minimum absolute atomic E-state index is 0.774. The molecule has 3 aromatic rings. The van der Waals surface area contributed by atoms with Crippen molar-refractivity contribution in [3.05, 3.63) is 45.6 Å². The van der Waals surface area contributed by atoms with Gasteiger partial charge in [0.05, 0.1) is 5.69 Å². The average molecular weight is 363 g/mol. The van der Waals surface area contributed by atoms with Crippen molar-refractivity contribution in [1.82, 2.24) is 14.5 Å². The molecule has 0 bridgehead atoms. The van der Waals surface area contributed by atoms with E-state index in [2.05, 4.69) is 76.4 Å². The summed E-state index contributed by atoms with van der Waals surface area (Å²) in [5.41, 5.74) is 6.02. The van der Waals surface area contributed by atoms with Crippen LogP contribution in [0.4, 0.5) is 0 Å². The minimum Gasteiger partial charge on any atom is -0.350 e. The monoisotopic (exact) mass is 363 g/mol. The first-order valence-electron chi connectivity index (χ1n) is 6.11. The van der Waals surface area contributed by atoms with Crippen molar-refractivity contribution in [2.24, 2.45) is 7.05 Å². The molecule has 2 aromatic heterocycles. The molecule has 3 rings (SSSR count). The van der Waals surface area contributed by atoms with Crippen molar-refractivity contribution in [1.29, 1.82) is 0 Å². The van der Waals surface area contributed by atoms with Crippen LogP contribution in [0.1, 0.15) is 11.1 Å². The second kappa shape index (κ2) is 4.59. The highest BCUT2D eigenvalue weighted by Crippen LogP contribution is 2.30. The number of aromatic nitrogens is 3. The quantitative estimate of drug-likeness (QED) is 0.486. The summed E-state index contributed by atoms with van der Waals surface area (Å²) < 4.78 is 2.93. The fourth-order valence-electron chi connectivity index (χ4n) is 2.33. The Labute approximate surface area is 125 Å². The molecule has 0 unspecified atom stereocenters. The van der Waals surface area contributed by atoms with Gasteiger partial charge in [0.25, 0.3) is 0 Å². The van der Waals surface area contributed by atoms with E-state index in [9.17, 15) is 0 Å². The van der Waals surface area contributed by atoms with Crippen molar-refractivity contribution in [2.75, 3.05) is 0 Å². The van der Waals surface area contributed by atoms with Gasteiger partial charge in [0.1, 0.15) is 0 Å². The van der Waals surface area contributed by atoms with Crippen LogP contribution in [0.15, 0.2) is 30.6 Å². The van der Waals surface area contributed by atoms with E-state index in [4.69, 9.17) is 0 Å². The van der Waals surface area contributed by atoms with Crippen molar-refractivity contribution in [3.63, 3.8) is 0 Å². The smallest absolute Gasteiger partial charge is 0.191 e. The molecule has 1 aromatic carbocycles. The van der Waals surface area contributed by atoms with Gasteiger partial charge in [-0.2, -0.15) is 0 Å². The predicted molar refractivity (Wildman–Crippen MR) is 86.1 cm³/mol. The van der Waals surface area contributed by atoms with Crippen LogP contribution in [0, 0.1) is 17.7 Å². The van der Waals surface area contributed by atoms with Crippen molar-refractivity contribution in [3.8, 4) is 11.3 Å². The zero-order chi connectivity index (χ0) is 13.6. The van der Waals surface area contributed by atoms with Crippen LogP contribution < -0.4 is 0 Å². The van der Waals surface area contributed by atoms with E-state index in [-0.39, 0.29) is 0 Å². The molecule has 2 heterocycles. The molecule has 4 heteroatoms. The summed E-state index contributed by atoms with van der Waals surface area (Å²) in [6, 6.07) is 6.45. The Balaban J connectivity index is 2.33. The normalized spacial score (nSPS) is 11.2. The molecule has 0 fully saturated rings. The molecular formula is C15H14IN3. The van der Waals surface area contributed by atoms with Crippen LogP contribution in [-0.2, 0) is 7.05 Å². The Morgan fingerprint density at radius 2 is 1.89 bits per heavy atom. The molecule has 3 nitrogen and oxygen atoms in total. The summed E-state index contributed by atoms with van der Waals surface area (Å²) in [7, 11) is 2.08. The first kappa shape index (κ1) is 12.6. The van der Waals surface area contributed by atoms with Crippen molar-refractivity contribution in [2.45, 2.75) is 13.8 Å². The molecule has 0 spiro atoms. The second-order valence-corrected chi connectivity index (χ2v) is 5.78. The largest absolute Gasteiger partial charge is 0.350 e. The molecule has 0 radical (unpaired) electrons. The maximum atomic E-state index is 4.52. The minimum atomic E-state index is 0.774. The lowest BCUT2D eigenvalue weighted by molar-refractivity contribution is 0.967. The molecular weight excluding hydrogens is 349 g/mol. The van der Waals surface area contributed by atoms with Gasteiger partial charge in [-0.05, 0) is 43.2 Å².